The molecule has 1 amide bonds. The van der Waals surface area contributed by atoms with Crippen molar-refractivity contribution in [1.29, 1.82) is 0 Å². The van der Waals surface area contributed by atoms with Crippen molar-refractivity contribution in [2.24, 2.45) is 0 Å². The first-order valence-corrected chi connectivity index (χ1v) is 10.5. The molecule has 0 aliphatic carbocycles. The van der Waals surface area contributed by atoms with Crippen molar-refractivity contribution in [2.75, 3.05) is 46.4 Å². The molecule has 0 saturated carbocycles. The first kappa shape index (κ1) is 20.4. The van der Waals surface area contributed by atoms with E-state index >= 15 is 0 Å². The fourth-order valence-electron chi connectivity index (χ4n) is 4.17. The first-order chi connectivity index (χ1) is 14.5. The summed E-state index contributed by atoms with van der Waals surface area (Å²) in [6, 6.07) is 23.5. The van der Waals surface area contributed by atoms with E-state index in [0.29, 0.717) is 19.6 Å². The summed E-state index contributed by atoms with van der Waals surface area (Å²) in [6.45, 7) is 3.91. The Bertz CT molecular complexity index is 992. The van der Waals surface area contributed by atoms with Gasteiger partial charge in [0.05, 0.1) is 33.2 Å². The van der Waals surface area contributed by atoms with Gasteiger partial charge in [-0.3, -0.25) is 4.79 Å². The van der Waals surface area contributed by atoms with E-state index in [1.165, 1.54) is 0 Å². The molecule has 0 aromatic heterocycles. The largest absolute Gasteiger partial charge is 0.490 e. The van der Waals surface area contributed by atoms with Crippen molar-refractivity contribution in [3.05, 3.63) is 78.4 Å². The van der Waals surface area contributed by atoms with Crippen LogP contribution in [0.25, 0.3) is 10.8 Å². The number of ether oxygens (including phenoxy) is 1. The number of likely N-dealkylation sites (N-methyl/N-ethyl adjacent to an activating group) is 1. The molecule has 0 bridgehead atoms. The van der Waals surface area contributed by atoms with Gasteiger partial charge in [0.25, 0.3) is 5.91 Å². The number of fused-ring (bicyclic) bond motifs is 1. The summed E-state index contributed by atoms with van der Waals surface area (Å²) in [7, 11) is 2.14. The number of aliphatic hydroxyl groups is 1. The van der Waals surface area contributed by atoms with Crippen LogP contribution in [0.2, 0.25) is 0 Å². The van der Waals surface area contributed by atoms with E-state index in [2.05, 4.69) is 19.2 Å². The predicted octanol–water partition coefficient (Wildman–Crippen LogP) is 3.18. The Kier molecular flexibility index (Phi) is 6.02. The maximum atomic E-state index is 12.6. The van der Waals surface area contributed by atoms with Gasteiger partial charge >= 0.3 is 0 Å². The van der Waals surface area contributed by atoms with Crippen molar-refractivity contribution < 1.29 is 19.1 Å². The minimum absolute atomic E-state index is 0.0849. The zero-order chi connectivity index (χ0) is 21.0. The number of rotatable bonds is 6. The molecule has 1 unspecified atom stereocenters. The average Bonchev–Trinajstić information content (AvgIpc) is 2.78. The van der Waals surface area contributed by atoms with Crippen LogP contribution in [0.3, 0.4) is 0 Å². The van der Waals surface area contributed by atoms with Crippen molar-refractivity contribution in [2.45, 2.75) is 6.10 Å². The summed E-state index contributed by atoms with van der Waals surface area (Å²) >= 11 is 0. The van der Waals surface area contributed by atoms with Gasteiger partial charge in [-0.2, -0.15) is 0 Å². The SMILES string of the molecule is C[N+]1(CC(O)COc2cccc3ccccc23)CCN(C(=O)c2ccccc2)CC1. The number of carbonyl (C=O) groups is 1. The average molecular weight is 406 g/mol. The molecule has 5 nitrogen and oxygen atoms in total. The number of hydrogen-bond acceptors (Lipinski definition) is 3. The van der Waals surface area contributed by atoms with Crippen LogP contribution in [-0.4, -0.2) is 72.9 Å². The van der Waals surface area contributed by atoms with Gasteiger partial charge in [-0.05, 0) is 23.6 Å². The third kappa shape index (κ3) is 4.64. The number of hydrogen-bond donors (Lipinski definition) is 1. The van der Waals surface area contributed by atoms with Crippen LogP contribution in [0.15, 0.2) is 72.8 Å². The number of piperazine rings is 1. The van der Waals surface area contributed by atoms with Gasteiger partial charge in [0, 0.05) is 10.9 Å². The molecule has 0 spiro atoms. The summed E-state index contributed by atoms with van der Waals surface area (Å²) in [5.41, 5.74) is 0.733. The highest BCUT2D eigenvalue weighted by Gasteiger charge is 2.33. The molecule has 1 saturated heterocycles. The highest BCUT2D eigenvalue weighted by Crippen LogP contribution is 2.25. The van der Waals surface area contributed by atoms with Gasteiger partial charge < -0.3 is 19.2 Å². The van der Waals surface area contributed by atoms with Crippen LogP contribution >= 0.6 is 0 Å². The number of nitrogens with zero attached hydrogens (tertiary/aromatic N) is 2. The van der Waals surface area contributed by atoms with Crippen LogP contribution in [0.5, 0.6) is 5.75 Å². The summed E-state index contributed by atoms with van der Waals surface area (Å²) in [5, 5.41) is 12.8. The topological polar surface area (TPSA) is 49.8 Å². The number of amides is 1. The van der Waals surface area contributed by atoms with Crippen LogP contribution < -0.4 is 4.74 Å². The monoisotopic (exact) mass is 405 g/mol. The Morgan fingerprint density at radius 2 is 1.67 bits per heavy atom. The number of carbonyl (C=O) groups excluding carboxylic acids is 1. The zero-order valence-electron chi connectivity index (χ0n) is 17.4. The van der Waals surface area contributed by atoms with Crippen LogP contribution in [-0.2, 0) is 0 Å². The second-order valence-electron chi connectivity index (χ2n) is 8.35. The molecule has 0 radical (unpaired) electrons. The fourth-order valence-corrected chi connectivity index (χ4v) is 4.17. The van der Waals surface area contributed by atoms with Crippen molar-refractivity contribution in [1.82, 2.24) is 4.90 Å². The van der Waals surface area contributed by atoms with E-state index in [-0.39, 0.29) is 12.5 Å². The number of benzene rings is 3. The number of aliphatic hydroxyl groups excluding tert-OH is 1. The van der Waals surface area contributed by atoms with Crippen molar-refractivity contribution in [3.8, 4) is 5.75 Å². The van der Waals surface area contributed by atoms with Crippen molar-refractivity contribution in [3.63, 3.8) is 0 Å². The maximum Gasteiger partial charge on any atom is 0.254 e. The van der Waals surface area contributed by atoms with E-state index in [1.54, 1.807) is 0 Å². The lowest BCUT2D eigenvalue weighted by Crippen LogP contribution is -2.60. The minimum atomic E-state index is -0.564. The molecule has 1 aliphatic heterocycles. The van der Waals surface area contributed by atoms with Gasteiger partial charge in [0.15, 0.2) is 0 Å². The van der Waals surface area contributed by atoms with E-state index in [1.807, 2.05) is 65.6 Å². The van der Waals surface area contributed by atoms with E-state index in [9.17, 15) is 9.90 Å². The van der Waals surface area contributed by atoms with E-state index in [0.717, 1.165) is 39.7 Å². The smallest absolute Gasteiger partial charge is 0.254 e. The first-order valence-electron chi connectivity index (χ1n) is 10.5. The summed E-state index contributed by atoms with van der Waals surface area (Å²) in [4.78, 5) is 14.6. The van der Waals surface area contributed by atoms with Gasteiger partial charge in [-0.15, -0.1) is 0 Å². The molecular formula is C25H29N2O3+. The normalized spacial score (nSPS) is 16.9. The molecular weight excluding hydrogens is 376 g/mol. The van der Waals surface area contributed by atoms with Gasteiger partial charge in [0.1, 0.15) is 25.0 Å². The molecule has 1 heterocycles. The Morgan fingerprint density at radius 1 is 1.00 bits per heavy atom. The maximum absolute atomic E-state index is 12.6. The minimum Gasteiger partial charge on any atom is -0.490 e. The van der Waals surface area contributed by atoms with Crippen LogP contribution in [0.1, 0.15) is 10.4 Å². The Labute approximate surface area is 177 Å². The highest BCUT2D eigenvalue weighted by molar-refractivity contribution is 5.94. The molecule has 4 rings (SSSR count). The van der Waals surface area contributed by atoms with Crippen molar-refractivity contribution >= 4 is 16.7 Å². The molecule has 156 valence electrons. The standard InChI is InChI=1S/C25H29N2O3/c1-27(16-14-26(15-17-27)25(29)21-9-3-2-4-10-21)18-22(28)19-30-24-13-7-11-20-8-5-6-12-23(20)24/h2-13,22,28H,14-19H2,1H3/q+1. The predicted molar refractivity (Wildman–Crippen MR) is 119 cm³/mol. The Morgan fingerprint density at radius 3 is 2.43 bits per heavy atom. The summed E-state index contributed by atoms with van der Waals surface area (Å²) < 4.78 is 6.70. The lowest BCUT2D eigenvalue weighted by Gasteiger charge is -2.42. The lowest BCUT2D eigenvalue weighted by atomic mass is 10.1. The zero-order valence-corrected chi connectivity index (χ0v) is 17.4. The van der Waals surface area contributed by atoms with Crippen LogP contribution in [0.4, 0.5) is 0 Å². The van der Waals surface area contributed by atoms with Gasteiger partial charge in [-0.25, -0.2) is 0 Å². The highest BCUT2D eigenvalue weighted by atomic mass is 16.5. The summed E-state index contributed by atoms with van der Waals surface area (Å²) in [5.74, 6) is 0.884. The fraction of sp³-hybridized carbons (Fsp3) is 0.320. The molecule has 1 fully saturated rings. The second kappa shape index (κ2) is 8.86. The molecule has 5 heteroatoms. The Balaban J connectivity index is 1.30. The second-order valence-corrected chi connectivity index (χ2v) is 8.35. The lowest BCUT2D eigenvalue weighted by molar-refractivity contribution is -0.916. The Hall–Kier alpha value is -2.89. The van der Waals surface area contributed by atoms with E-state index < -0.39 is 6.10 Å². The number of quaternary nitrogens is 1. The third-order valence-electron chi connectivity index (χ3n) is 5.96. The quantitative estimate of drug-likeness (QED) is 0.641. The molecule has 3 aromatic carbocycles. The molecule has 1 atom stereocenters. The van der Waals surface area contributed by atoms with Crippen LogP contribution in [0, 0.1) is 0 Å². The van der Waals surface area contributed by atoms with Gasteiger partial charge in [-0.1, -0.05) is 54.6 Å². The molecule has 1 aliphatic rings. The van der Waals surface area contributed by atoms with Gasteiger partial charge in [0.2, 0.25) is 0 Å². The summed E-state index contributed by atoms with van der Waals surface area (Å²) in [6.07, 6.45) is -0.564. The van der Waals surface area contributed by atoms with E-state index in [4.69, 9.17) is 4.74 Å². The third-order valence-corrected chi connectivity index (χ3v) is 5.96. The molecule has 1 N–H and O–H groups in total. The molecule has 3 aromatic rings. The molecule has 30 heavy (non-hydrogen) atoms.